The van der Waals surface area contributed by atoms with Gasteiger partial charge in [0.1, 0.15) is 0 Å². The molecule has 1 fully saturated rings. The van der Waals surface area contributed by atoms with Crippen LogP contribution < -0.4 is 10.6 Å². The van der Waals surface area contributed by atoms with E-state index in [9.17, 15) is 0 Å². The van der Waals surface area contributed by atoms with Crippen LogP contribution in [0.25, 0.3) is 0 Å². The zero-order chi connectivity index (χ0) is 11.4. The second-order valence-corrected chi connectivity index (χ2v) is 4.88. The predicted molar refractivity (Wildman–Crippen MR) is 68.4 cm³/mol. The minimum Gasteiger partial charge on any atom is -0.316 e. The van der Waals surface area contributed by atoms with E-state index in [1.807, 2.05) is 0 Å². The molecule has 2 nitrogen and oxygen atoms in total. The van der Waals surface area contributed by atoms with Crippen LogP contribution in [0.5, 0.6) is 0 Å². The number of nitrogens with one attached hydrogen (secondary N) is 2. The molecule has 2 rings (SSSR count). The largest absolute Gasteiger partial charge is 0.316 e. The average Bonchev–Trinajstić information content (AvgIpc) is 2.33. The summed E-state index contributed by atoms with van der Waals surface area (Å²) in [7, 11) is 0. The topological polar surface area (TPSA) is 24.1 Å². The summed E-state index contributed by atoms with van der Waals surface area (Å²) in [5, 5.41) is 7.18. The first-order chi connectivity index (χ1) is 7.77. The Bertz CT molecular complexity index is 310. The number of hydrogen-bond donors (Lipinski definition) is 2. The fraction of sp³-hybridized carbons (Fsp3) is 0.571. The Morgan fingerprint density at radius 2 is 2.06 bits per heavy atom. The third kappa shape index (κ3) is 2.83. The van der Waals surface area contributed by atoms with E-state index < -0.39 is 0 Å². The van der Waals surface area contributed by atoms with E-state index >= 15 is 0 Å². The molecule has 1 heterocycles. The molecule has 0 bridgehead atoms. The molecular formula is C14H22N2. The molecule has 1 saturated heterocycles. The Hall–Kier alpha value is -0.860. The molecule has 1 aliphatic heterocycles. The van der Waals surface area contributed by atoms with Gasteiger partial charge in [0.25, 0.3) is 0 Å². The van der Waals surface area contributed by atoms with Gasteiger partial charge in [-0.05, 0) is 37.9 Å². The van der Waals surface area contributed by atoms with Gasteiger partial charge in [-0.2, -0.15) is 0 Å². The maximum Gasteiger partial charge on any atom is 0.0294 e. The van der Waals surface area contributed by atoms with Gasteiger partial charge < -0.3 is 10.6 Å². The van der Waals surface area contributed by atoms with E-state index in [-0.39, 0.29) is 0 Å². The minimum atomic E-state index is 0.451. The van der Waals surface area contributed by atoms with Crippen LogP contribution in [0.15, 0.2) is 30.3 Å². The van der Waals surface area contributed by atoms with E-state index in [1.54, 1.807) is 0 Å². The van der Waals surface area contributed by atoms with Gasteiger partial charge in [0, 0.05) is 12.1 Å². The second kappa shape index (κ2) is 5.46. The van der Waals surface area contributed by atoms with Gasteiger partial charge in [-0.25, -0.2) is 0 Å². The monoisotopic (exact) mass is 218 g/mol. The summed E-state index contributed by atoms with van der Waals surface area (Å²) in [5.74, 6) is 0.722. The zero-order valence-electron chi connectivity index (χ0n) is 10.2. The Kier molecular flexibility index (Phi) is 3.97. The molecule has 1 aliphatic rings. The predicted octanol–water partition coefficient (Wildman–Crippen LogP) is 2.34. The van der Waals surface area contributed by atoms with Crippen molar-refractivity contribution in [3.63, 3.8) is 0 Å². The molecule has 0 spiro atoms. The lowest BCUT2D eigenvalue weighted by Crippen LogP contribution is -2.47. The molecule has 3 atom stereocenters. The lowest BCUT2D eigenvalue weighted by atomic mass is 9.94. The number of piperidine rings is 1. The van der Waals surface area contributed by atoms with Crippen molar-refractivity contribution in [3.05, 3.63) is 35.9 Å². The first-order valence-electron chi connectivity index (χ1n) is 6.29. The standard InChI is InChI=1S/C14H22N2/c1-11-10-15-9-8-14(11)16-12(2)13-6-4-3-5-7-13/h3-7,11-12,14-16H,8-10H2,1-2H3/t11-,12+,14-/m1/s1. The normalized spacial score (nSPS) is 27.6. The third-order valence-electron chi connectivity index (χ3n) is 3.55. The van der Waals surface area contributed by atoms with Crippen molar-refractivity contribution in [2.24, 2.45) is 5.92 Å². The highest BCUT2D eigenvalue weighted by Crippen LogP contribution is 2.17. The average molecular weight is 218 g/mol. The summed E-state index contributed by atoms with van der Waals surface area (Å²) in [5.41, 5.74) is 1.38. The van der Waals surface area contributed by atoms with E-state index in [0.29, 0.717) is 12.1 Å². The van der Waals surface area contributed by atoms with Crippen LogP contribution in [0.2, 0.25) is 0 Å². The Morgan fingerprint density at radius 1 is 1.31 bits per heavy atom. The fourth-order valence-electron chi connectivity index (χ4n) is 2.42. The van der Waals surface area contributed by atoms with Gasteiger partial charge >= 0.3 is 0 Å². The maximum atomic E-state index is 3.74. The number of rotatable bonds is 3. The zero-order valence-corrected chi connectivity index (χ0v) is 10.2. The quantitative estimate of drug-likeness (QED) is 0.813. The molecule has 2 N–H and O–H groups in total. The fourth-order valence-corrected chi connectivity index (χ4v) is 2.42. The Morgan fingerprint density at radius 3 is 2.75 bits per heavy atom. The summed E-state index contributed by atoms with van der Waals surface area (Å²) in [4.78, 5) is 0. The van der Waals surface area contributed by atoms with E-state index in [2.05, 4.69) is 54.8 Å². The van der Waals surface area contributed by atoms with Crippen molar-refractivity contribution >= 4 is 0 Å². The van der Waals surface area contributed by atoms with Crippen LogP contribution in [0.4, 0.5) is 0 Å². The minimum absolute atomic E-state index is 0.451. The highest BCUT2D eigenvalue weighted by Gasteiger charge is 2.22. The molecule has 0 aliphatic carbocycles. The van der Waals surface area contributed by atoms with E-state index in [1.165, 1.54) is 12.0 Å². The van der Waals surface area contributed by atoms with Crippen molar-refractivity contribution in [1.82, 2.24) is 10.6 Å². The number of benzene rings is 1. The lowest BCUT2D eigenvalue weighted by Gasteiger charge is -2.33. The Balaban J connectivity index is 1.94. The highest BCUT2D eigenvalue weighted by atomic mass is 15.0. The smallest absolute Gasteiger partial charge is 0.0294 e. The first kappa shape index (κ1) is 11.6. The van der Waals surface area contributed by atoms with Gasteiger partial charge in [-0.15, -0.1) is 0 Å². The highest BCUT2D eigenvalue weighted by molar-refractivity contribution is 5.18. The van der Waals surface area contributed by atoms with Crippen molar-refractivity contribution < 1.29 is 0 Å². The van der Waals surface area contributed by atoms with E-state index in [4.69, 9.17) is 0 Å². The van der Waals surface area contributed by atoms with Crippen molar-refractivity contribution in [1.29, 1.82) is 0 Å². The molecule has 0 saturated carbocycles. The summed E-state index contributed by atoms with van der Waals surface area (Å²) < 4.78 is 0. The third-order valence-corrected chi connectivity index (χ3v) is 3.55. The molecular weight excluding hydrogens is 196 g/mol. The number of hydrogen-bond acceptors (Lipinski definition) is 2. The lowest BCUT2D eigenvalue weighted by molar-refractivity contribution is 0.278. The molecule has 1 aromatic rings. The SMILES string of the molecule is C[C@H](N[C@@H]1CCNC[C@H]1C)c1ccccc1. The van der Waals surface area contributed by atoms with Gasteiger partial charge in [0.2, 0.25) is 0 Å². The van der Waals surface area contributed by atoms with Gasteiger partial charge in [-0.1, -0.05) is 37.3 Å². The first-order valence-corrected chi connectivity index (χ1v) is 6.29. The Labute approximate surface area is 98.4 Å². The van der Waals surface area contributed by atoms with Crippen molar-refractivity contribution in [2.75, 3.05) is 13.1 Å². The molecule has 16 heavy (non-hydrogen) atoms. The van der Waals surface area contributed by atoms with Gasteiger partial charge in [-0.3, -0.25) is 0 Å². The van der Waals surface area contributed by atoms with Crippen molar-refractivity contribution in [2.45, 2.75) is 32.4 Å². The van der Waals surface area contributed by atoms with Crippen LogP contribution in [0.1, 0.15) is 31.9 Å². The van der Waals surface area contributed by atoms with Gasteiger partial charge in [0.15, 0.2) is 0 Å². The molecule has 0 aromatic heterocycles. The summed E-state index contributed by atoms with van der Waals surface area (Å²) >= 11 is 0. The second-order valence-electron chi connectivity index (χ2n) is 4.88. The van der Waals surface area contributed by atoms with Crippen LogP contribution in [-0.4, -0.2) is 19.1 Å². The summed E-state index contributed by atoms with van der Waals surface area (Å²) in [6.07, 6.45) is 1.23. The van der Waals surface area contributed by atoms with Gasteiger partial charge in [0.05, 0.1) is 0 Å². The van der Waals surface area contributed by atoms with Crippen LogP contribution in [0, 0.1) is 5.92 Å². The van der Waals surface area contributed by atoms with Crippen LogP contribution in [-0.2, 0) is 0 Å². The summed E-state index contributed by atoms with van der Waals surface area (Å²) in [6.45, 7) is 6.86. The molecule has 1 aromatic carbocycles. The van der Waals surface area contributed by atoms with Crippen LogP contribution >= 0.6 is 0 Å². The van der Waals surface area contributed by atoms with Crippen LogP contribution in [0.3, 0.4) is 0 Å². The molecule has 0 radical (unpaired) electrons. The van der Waals surface area contributed by atoms with E-state index in [0.717, 1.165) is 19.0 Å². The molecule has 2 heteroatoms. The molecule has 88 valence electrons. The van der Waals surface area contributed by atoms with Crippen molar-refractivity contribution in [3.8, 4) is 0 Å². The molecule has 0 unspecified atom stereocenters. The maximum absolute atomic E-state index is 3.74. The summed E-state index contributed by atoms with van der Waals surface area (Å²) in [6, 6.07) is 11.8. The molecule has 0 amide bonds.